The highest BCUT2D eigenvalue weighted by Gasteiger charge is 1.99. The summed E-state index contributed by atoms with van der Waals surface area (Å²) in [7, 11) is 1.38. The smallest absolute Gasteiger partial charge is 0.309 e. The predicted molar refractivity (Wildman–Crippen MR) is 61.8 cm³/mol. The van der Waals surface area contributed by atoms with Crippen molar-refractivity contribution >= 4 is 22.9 Å². The third-order valence-corrected chi connectivity index (χ3v) is 2.33. The first-order valence-corrected chi connectivity index (χ1v) is 4.96. The lowest BCUT2D eigenvalue weighted by atomic mass is 10.1. The summed E-state index contributed by atoms with van der Waals surface area (Å²) in [5.74, 6) is -0.240. The highest BCUT2D eigenvalue weighted by Crippen LogP contribution is 2.17. The minimum Gasteiger partial charge on any atom is -0.469 e. The molecular formula is C12H12N2O2. The number of hydrogen-bond acceptors (Lipinski definition) is 3. The second kappa shape index (κ2) is 4.61. The molecule has 0 radical (unpaired) electrons. The zero-order chi connectivity index (χ0) is 11.4. The van der Waals surface area contributed by atoms with Gasteiger partial charge in [-0.15, -0.1) is 0 Å². The van der Waals surface area contributed by atoms with Gasteiger partial charge in [-0.05, 0) is 11.6 Å². The van der Waals surface area contributed by atoms with E-state index in [4.69, 9.17) is 0 Å². The van der Waals surface area contributed by atoms with Crippen LogP contribution in [0.2, 0.25) is 0 Å². The third kappa shape index (κ3) is 2.11. The number of hydrogen-bond donors (Lipinski definition) is 1. The molecule has 1 aromatic carbocycles. The molecule has 0 amide bonds. The Kier molecular flexibility index (Phi) is 3.00. The molecule has 2 aromatic rings. The Balaban J connectivity index is 2.20. The van der Waals surface area contributed by atoms with E-state index in [1.54, 1.807) is 12.3 Å². The zero-order valence-corrected chi connectivity index (χ0v) is 8.93. The molecule has 0 aliphatic carbocycles. The van der Waals surface area contributed by atoms with Crippen molar-refractivity contribution in [2.24, 2.45) is 0 Å². The molecule has 2 rings (SSSR count). The van der Waals surface area contributed by atoms with Gasteiger partial charge in [0.05, 0.1) is 25.2 Å². The number of H-pyrrole nitrogens is 1. The molecule has 0 fully saturated rings. The van der Waals surface area contributed by atoms with E-state index < -0.39 is 0 Å². The van der Waals surface area contributed by atoms with Gasteiger partial charge in [0.25, 0.3) is 0 Å². The number of aromatic amines is 1. The summed E-state index contributed by atoms with van der Waals surface area (Å²) in [4.78, 5) is 10.9. The van der Waals surface area contributed by atoms with Crippen molar-refractivity contribution in [2.75, 3.05) is 7.11 Å². The summed E-state index contributed by atoms with van der Waals surface area (Å²) in [5, 5.41) is 7.91. The molecule has 82 valence electrons. The summed E-state index contributed by atoms with van der Waals surface area (Å²) < 4.78 is 4.55. The standard InChI is InChI=1S/C12H12N2O2/c1-16-12(15)7-3-5-9-4-2-6-11-10(9)8-13-14-11/h2-6,8H,7H2,1H3,(H,13,14). The highest BCUT2D eigenvalue weighted by atomic mass is 16.5. The van der Waals surface area contributed by atoms with E-state index in [2.05, 4.69) is 14.9 Å². The van der Waals surface area contributed by atoms with Crippen molar-refractivity contribution in [3.05, 3.63) is 36.0 Å². The largest absolute Gasteiger partial charge is 0.469 e. The minimum absolute atomic E-state index is 0.240. The van der Waals surface area contributed by atoms with E-state index in [0.717, 1.165) is 16.5 Å². The van der Waals surface area contributed by atoms with E-state index in [9.17, 15) is 4.79 Å². The van der Waals surface area contributed by atoms with Gasteiger partial charge in [0.2, 0.25) is 0 Å². The fourth-order valence-electron chi connectivity index (χ4n) is 1.50. The first-order chi connectivity index (χ1) is 7.81. The molecule has 1 aromatic heterocycles. The van der Waals surface area contributed by atoms with Crippen LogP contribution in [-0.2, 0) is 9.53 Å². The van der Waals surface area contributed by atoms with Crippen LogP contribution in [0.1, 0.15) is 12.0 Å². The molecule has 1 heterocycles. The predicted octanol–water partition coefficient (Wildman–Crippen LogP) is 2.14. The number of fused-ring (bicyclic) bond motifs is 1. The maximum atomic E-state index is 10.9. The Morgan fingerprint density at radius 1 is 1.56 bits per heavy atom. The SMILES string of the molecule is COC(=O)CC=Cc1cccc2[nH]ncc12. The van der Waals surface area contributed by atoms with Gasteiger partial charge in [-0.2, -0.15) is 5.10 Å². The van der Waals surface area contributed by atoms with Crippen molar-refractivity contribution in [2.45, 2.75) is 6.42 Å². The number of benzene rings is 1. The first kappa shape index (κ1) is 10.4. The van der Waals surface area contributed by atoms with Gasteiger partial charge in [0.15, 0.2) is 0 Å². The normalized spacial score (nSPS) is 11.1. The van der Waals surface area contributed by atoms with E-state index in [0.29, 0.717) is 0 Å². The molecular weight excluding hydrogens is 204 g/mol. The van der Waals surface area contributed by atoms with Gasteiger partial charge in [-0.1, -0.05) is 24.3 Å². The average Bonchev–Trinajstić information content (AvgIpc) is 2.77. The van der Waals surface area contributed by atoms with E-state index >= 15 is 0 Å². The fraction of sp³-hybridized carbons (Fsp3) is 0.167. The number of nitrogens with zero attached hydrogens (tertiary/aromatic N) is 1. The number of nitrogens with one attached hydrogen (secondary N) is 1. The molecule has 16 heavy (non-hydrogen) atoms. The van der Waals surface area contributed by atoms with Crippen LogP contribution in [0.5, 0.6) is 0 Å². The number of ether oxygens (including phenoxy) is 1. The molecule has 0 saturated carbocycles. The van der Waals surface area contributed by atoms with Crippen LogP contribution in [0.25, 0.3) is 17.0 Å². The zero-order valence-electron chi connectivity index (χ0n) is 8.93. The Labute approximate surface area is 92.9 Å². The van der Waals surface area contributed by atoms with Crippen molar-refractivity contribution in [1.82, 2.24) is 10.2 Å². The van der Waals surface area contributed by atoms with Gasteiger partial charge in [-0.25, -0.2) is 0 Å². The maximum absolute atomic E-state index is 10.9. The van der Waals surface area contributed by atoms with Crippen LogP contribution < -0.4 is 0 Å². The molecule has 1 N–H and O–H groups in total. The first-order valence-electron chi connectivity index (χ1n) is 4.96. The van der Waals surface area contributed by atoms with Gasteiger partial charge < -0.3 is 4.74 Å². The lowest BCUT2D eigenvalue weighted by Crippen LogP contribution is -1.96. The Morgan fingerprint density at radius 2 is 2.44 bits per heavy atom. The van der Waals surface area contributed by atoms with Crippen LogP contribution in [0.4, 0.5) is 0 Å². The fourth-order valence-corrected chi connectivity index (χ4v) is 1.50. The summed E-state index contributed by atoms with van der Waals surface area (Å²) in [6, 6.07) is 5.88. The summed E-state index contributed by atoms with van der Waals surface area (Å²) in [6.45, 7) is 0. The van der Waals surface area contributed by atoms with Gasteiger partial charge in [-0.3, -0.25) is 9.89 Å². The summed E-state index contributed by atoms with van der Waals surface area (Å²) >= 11 is 0. The molecule has 0 atom stereocenters. The van der Waals surface area contributed by atoms with Gasteiger partial charge in [0, 0.05) is 5.39 Å². The maximum Gasteiger partial charge on any atom is 0.309 e. The van der Waals surface area contributed by atoms with Crippen molar-refractivity contribution in [1.29, 1.82) is 0 Å². The summed E-state index contributed by atoms with van der Waals surface area (Å²) in [6.07, 6.45) is 5.74. The number of methoxy groups -OCH3 is 1. The molecule has 4 heteroatoms. The Morgan fingerprint density at radius 3 is 3.25 bits per heavy atom. The monoisotopic (exact) mass is 216 g/mol. The average molecular weight is 216 g/mol. The number of rotatable bonds is 3. The van der Waals surface area contributed by atoms with Gasteiger partial charge >= 0.3 is 5.97 Å². The molecule has 0 unspecified atom stereocenters. The van der Waals surface area contributed by atoms with Crippen LogP contribution in [-0.4, -0.2) is 23.3 Å². The number of esters is 1. The lowest BCUT2D eigenvalue weighted by Gasteiger charge is -1.96. The number of carbonyl (C=O) groups is 1. The second-order valence-corrected chi connectivity index (χ2v) is 3.36. The van der Waals surface area contributed by atoms with Crippen LogP contribution in [0, 0.1) is 0 Å². The minimum atomic E-state index is -0.240. The van der Waals surface area contributed by atoms with Crippen molar-refractivity contribution < 1.29 is 9.53 Å². The quantitative estimate of drug-likeness (QED) is 0.800. The molecule has 4 nitrogen and oxygen atoms in total. The van der Waals surface area contributed by atoms with Crippen LogP contribution in [0.3, 0.4) is 0 Å². The molecule has 0 aliphatic heterocycles. The molecule has 0 bridgehead atoms. The third-order valence-electron chi connectivity index (χ3n) is 2.33. The van der Waals surface area contributed by atoms with Crippen molar-refractivity contribution in [3.8, 4) is 0 Å². The van der Waals surface area contributed by atoms with E-state index in [1.807, 2.05) is 24.3 Å². The molecule has 0 saturated heterocycles. The highest BCUT2D eigenvalue weighted by molar-refractivity contribution is 5.87. The topological polar surface area (TPSA) is 55.0 Å². The van der Waals surface area contributed by atoms with E-state index in [-0.39, 0.29) is 12.4 Å². The second-order valence-electron chi connectivity index (χ2n) is 3.36. The van der Waals surface area contributed by atoms with Gasteiger partial charge in [0.1, 0.15) is 0 Å². The number of aromatic nitrogens is 2. The van der Waals surface area contributed by atoms with E-state index in [1.165, 1.54) is 7.11 Å². The Hall–Kier alpha value is -2.10. The number of carbonyl (C=O) groups excluding carboxylic acids is 1. The molecule has 0 aliphatic rings. The summed E-state index contributed by atoms with van der Waals surface area (Å²) in [5.41, 5.74) is 2.02. The van der Waals surface area contributed by atoms with Crippen molar-refractivity contribution in [3.63, 3.8) is 0 Å². The molecule has 0 spiro atoms. The van der Waals surface area contributed by atoms with Crippen LogP contribution >= 0.6 is 0 Å². The Bertz CT molecular complexity index is 529. The lowest BCUT2D eigenvalue weighted by molar-refractivity contribution is -0.139. The van der Waals surface area contributed by atoms with Crippen LogP contribution in [0.15, 0.2) is 30.5 Å².